The topological polar surface area (TPSA) is 68.4 Å². The van der Waals surface area contributed by atoms with Crippen LogP contribution in [-0.2, 0) is 24.1 Å². The summed E-state index contributed by atoms with van der Waals surface area (Å²) >= 11 is 0. The smallest absolute Gasteiger partial charge is 0.370 e. The van der Waals surface area contributed by atoms with E-state index in [0.29, 0.717) is 18.8 Å². The first-order chi connectivity index (χ1) is 16.6. The largest absolute Gasteiger partial charge is 0.417 e. The number of rotatable bonds is 5. The summed E-state index contributed by atoms with van der Waals surface area (Å²) in [5.41, 5.74) is -0.0852. The number of benzene rings is 1. The van der Waals surface area contributed by atoms with E-state index in [4.69, 9.17) is 5.26 Å². The predicted octanol–water partition coefficient (Wildman–Crippen LogP) is 3.60. The highest BCUT2D eigenvalue weighted by molar-refractivity contribution is 5.81. The van der Waals surface area contributed by atoms with E-state index in [1.807, 2.05) is 28.9 Å². The van der Waals surface area contributed by atoms with Crippen LogP contribution in [0.3, 0.4) is 0 Å². The molecule has 1 amide bonds. The van der Waals surface area contributed by atoms with Crippen LogP contribution in [-0.4, -0.2) is 65.8 Å². The molecule has 0 bridgehead atoms. The van der Waals surface area contributed by atoms with E-state index in [1.54, 1.807) is 31.1 Å². The van der Waals surface area contributed by atoms with E-state index < -0.39 is 17.3 Å². The summed E-state index contributed by atoms with van der Waals surface area (Å²) in [5, 5.41) is 13.5. The minimum Gasteiger partial charge on any atom is -0.370 e. The third-order valence-electron chi connectivity index (χ3n) is 7.45. The molecule has 7 nitrogen and oxygen atoms in total. The highest BCUT2D eigenvalue weighted by Crippen LogP contribution is 2.47. The second kappa shape index (κ2) is 9.53. The summed E-state index contributed by atoms with van der Waals surface area (Å²) in [6.45, 7) is 6.15. The van der Waals surface area contributed by atoms with Crippen molar-refractivity contribution in [3.05, 3.63) is 47.3 Å². The number of hydrogen-bond donors (Lipinski definition) is 0. The molecule has 2 saturated heterocycles. The quantitative estimate of drug-likeness (QED) is 0.644. The fourth-order valence-corrected chi connectivity index (χ4v) is 5.46. The Hall–Kier alpha value is -3.06. The van der Waals surface area contributed by atoms with Crippen LogP contribution in [0, 0.1) is 22.7 Å². The number of amides is 1. The molecule has 188 valence electrons. The van der Waals surface area contributed by atoms with Crippen LogP contribution in [0.4, 0.5) is 18.9 Å². The van der Waals surface area contributed by atoms with Gasteiger partial charge in [0.1, 0.15) is 0 Å². The Balaban J connectivity index is 1.55. The summed E-state index contributed by atoms with van der Waals surface area (Å²) in [7, 11) is 3.45. The molecule has 10 heteroatoms. The molecular formula is C25H31F3N6O. The minimum atomic E-state index is -4.62. The van der Waals surface area contributed by atoms with Crippen molar-refractivity contribution in [2.24, 2.45) is 11.3 Å². The molecule has 0 saturated carbocycles. The maximum Gasteiger partial charge on any atom is 0.417 e. The third kappa shape index (κ3) is 5.01. The summed E-state index contributed by atoms with van der Waals surface area (Å²) in [6.07, 6.45) is 0.889. The SMILES string of the molecule is CCn1cc(CN2CCC3(CC2)CN(c2ccc(C#N)c(C(F)(F)F)c2)CC3C(=O)N(C)C)cn1. The molecule has 1 spiro atoms. The Bertz CT molecular complexity index is 1110. The fourth-order valence-electron chi connectivity index (χ4n) is 5.46. The third-order valence-corrected chi connectivity index (χ3v) is 7.45. The van der Waals surface area contributed by atoms with E-state index in [1.165, 1.54) is 6.07 Å². The number of hydrogen-bond acceptors (Lipinski definition) is 5. The van der Waals surface area contributed by atoms with Gasteiger partial charge in [-0.25, -0.2) is 0 Å². The Kier molecular flexibility index (Phi) is 6.82. The van der Waals surface area contributed by atoms with Crippen LogP contribution >= 0.6 is 0 Å². The molecule has 1 aromatic heterocycles. The Morgan fingerprint density at radius 1 is 1.29 bits per heavy atom. The van der Waals surface area contributed by atoms with Gasteiger partial charge in [-0.1, -0.05) is 0 Å². The van der Waals surface area contributed by atoms with Crippen molar-refractivity contribution in [1.82, 2.24) is 19.6 Å². The Labute approximate surface area is 203 Å². The number of halogens is 3. The van der Waals surface area contributed by atoms with Crippen molar-refractivity contribution < 1.29 is 18.0 Å². The van der Waals surface area contributed by atoms with Gasteiger partial charge in [0, 0.05) is 63.1 Å². The number of nitriles is 1. The van der Waals surface area contributed by atoms with Gasteiger partial charge in [-0.2, -0.15) is 23.5 Å². The lowest BCUT2D eigenvalue weighted by Gasteiger charge is -2.42. The molecule has 2 aromatic rings. The first-order valence-corrected chi connectivity index (χ1v) is 11.9. The monoisotopic (exact) mass is 488 g/mol. The van der Waals surface area contributed by atoms with E-state index in [0.717, 1.165) is 50.7 Å². The molecule has 35 heavy (non-hydrogen) atoms. The lowest BCUT2D eigenvalue weighted by molar-refractivity contribution is -0.138. The molecule has 3 heterocycles. The van der Waals surface area contributed by atoms with Gasteiger partial charge in [-0.05, 0) is 51.1 Å². The van der Waals surface area contributed by atoms with Gasteiger partial charge in [0.05, 0.1) is 29.3 Å². The summed E-state index contributed by atoms with van der Waals surface area (Å²) in [4.78, 5) is 19.0. The van der Waals surface area contributed by atoms with Crippen LogP contribution in [0.25, 0.3) is 0 Å². The first-order valence-electron chi connectivity index (χ1n) is 11.9. The number of piperidine rings is 1. The van der Waals surface area contributed by atoms with E-state index in [2.05, 4.69) is 10.00 Å². The van der Waals surface area contributed by atoms with Crippen molar-refractivity contribution in [3.8, 4) is 6.07 Å². The summed E-state index contributed by atoms with van der Waals surface area (Å²) in [6, 6.07) is 5.48. The number of aromatic nitrogens is 2. The number of alkyl halides is 3. The van der Waals surface area contributed by atoms with Gasteiger partial charge < -0.3 is 9.80 Å². The first kappa shape index (κ1) is 25.0. The standard InChI is InChI=1S/C25H31F3N6O/c1-4-34-15-18(13-30-34)14-32-9-7-24(8-10-32)17-33(16-22(24)23(35)31(2)3)20-6-5-19(12-29)21(11-20)25(26,27)28/h5-6,11,13,15,22H,4,7-10,14,16-17H2,1-3H3. The average molecular weight is 489 g/mol. The second-order valence-electron chi connectivity index (χ2n) is 9.85. The molecule has 1 aromatic carbocycles. The Morgan fingerprint density at radius 3 is 2.57 bits per heavy atom. The highest BCUT2D eigenvalue weighted by Gasteiger charge is 2.51. The lowest BCUT2D eigenvalue weighted by Crippen LogP contribution is -2.48. The van der Waals surface area contributed by atoms with Gasteiger partial charge >= 0.3 is 6.18 Å². The van der Waals surface area contributed by atoms with Gasteiger partial charge in [-0.3, -0.25) is 14.4 Å². The number of anilines is 1. The molecule has 1 unspecified atom stereocenters. The molecular weight excluding hydrogens is 457 g/mol. The number of carbonyl (C=O) groups excluding carboxylic acids is 1. The second-order valence-corrected chi connectivity index (χ2v) is 9.85. The van der Waals surface area contributed by atoms with Crippen molar-refractivity contribution in [1.29, 1.82) is 5.26 Å². The maximum atomic E-state index is 13.6. The van der Waals surface area contributed by atoms with Crippen molar-refractivity contribution in [2.75, 3.05) is 45.2 Å². The predicted molar refractivity (Wildman–Crippen MR) is 125 cm³/mol. The van der Waals surface area contributed by atoms with E-state index >= 15 is 0 Å². The van der Waals surface area contributed by atoms with E-state index in [-0.39, 0.29) is 17.2 Å². The molecule has 2 fully saturated rings. The maximum absolute atomic E-state index is 13.6. The van der Waals surface area contributed by atoms with Gasteiger partial charge in [0.25, 0.3) is 0 Å². The summed E-state index contributed by atoms with van der Waals surface area (Å²) in [5.74, 6) is -0.290. The Morgan fingerprint density at radius 2 is 2.00 bits per heavy atom. The zero-order valence-electron chi connectivity index (χ0n) is 20.3. The minimum absolute atomic E-state index is 0.00913. The number of aryl methyl sites for hydroxylation is 1. The highest BCUT2D eigenvalue weighted by atomic mass is 19.4. The molecule has 4 rings (SSSR count). The molecule has 0 radical (unpaired) electrons. The van der Waals surface area contributed by atoms with E-state index in [9.17, 15) is 18.0 Å². The molecule has 1 atom stereocenters. The van der Waals surface area contributed by atoms with Crippen molar-refractivity contribution in [3.63, 3.8) is 0 Å². The molecule has 2 aliphatic heterocycles. The summed E-state index contributed by atoms with van der Waals surface area (Å²) < 4.78 is 42.6. The van der Waals surface area contributed by atoms with Crippen LogP contribution in [0.15, 0.2) is 30.6 Å². The molecule has 0 aliphatic carbocycles. The van der Waals surface area contributed by atoms with Crippen LogP contribution in [0.2, 0.25) is 0 Å². The van der Waals surface area contributed by atoms with Crippen molar-refractivity contribution in [2.45, 2.75) is 39.0 Å². The van der Waals surface area contributed by atoms with Gasteiger partial charge in [-0.15, -0.1) is 0 Å². The van der Waals surface area contributed by atoms with Gasteiger partial charge in [0.2, 0.25) is 5.91 Å². The lowest BCUT2D eigenvalue weighted by atomic mass is 9.70. The normalized spacial score (nSPS) is 20.3. The number of carbonyl (C=O) groups is 1. The van der Waals surface area contributed by atoms with Crippen molar-refractivity contribution >= 4 is 11.6 Å². The molecule has 0 N–H and O–H groups in total. The molecule has 2 aliphatic rings. The number of nitrogens with zero attached hydrogens (tertiary/aromatic N) is 6. The fraction of sp³-hybridized carbons (Fsp3) is 0.560. The average Bonchev–Trinajstić information content (AvgIpc) is 3.43. The van der Waals surface area contributed by atoms with Crippen LogP contribution in [0.5, 0.6) is 0 Å². The van der Waals surface area contributed by atoms with Crippen LogP contribution < -0.4 is 4.90 Å². The number of likely N-dealkylation sites (tertiary alicyclic amines) is 1. The van der Waals surface area contributed by atoms with Crippen LogP contribution in [0.1, 0.15) is 36.5 Å². The van der Waals surface area contributed by atoms with Gasteiger partial charge in [0.15, 0.2) is 0 Å². The zero-order valence-corrected chi connectivity index (χ0v) is 20.3. The zero-order chi connectivity index (χ0) is 25.4.